The molecule has 4 aliphatic carbocycles. The number of ketones is 2. The predicted octanol–water partition coefficient (Wildman–Crippen LogP) is 26.2. The first-order chi connectivity index (χ1) is 52.7. The number of carbonyl (C=O) groups excluding carboxylic acids is 2. The Labute approximate surface area is 644 Å². The van der Waals surface area contributed by atoms with Gasteiger partial charge in [-0.3, -0.25) is 9.59 Å². The summed E-state index contributed by atoms with van der Waals surface area (Å²) in [7, 11) is 0. The molecule has 0 unspecified atom stereocenters. The Morgan fingerprint density at radius 1 is 0.361 bits per heavy atom. The van der Waals surface area contributed by atoms with Gasteiger partial charge in [0.05, 0.1) is 20.2 Å². The summed E-state index contributed by atoms with van der Waals surface area (Å²) < 4.78 is 64.5. The van der Waals surface area contributed by atoms with E-state index in [0.29, 0.717) is 9.75 Å². The smallest absolute Gasteiger partial charge is 0.194 e. The minimum Gasteiger partial charge on any atom is -0.289 e. The minimum absolute atomic E-state index is 0.00501. The first-order valence-electron chi connectivity index (χ1n) is 38.0. The Kier molecular flexibility index (Phi) is 20.9. The summed E-state index contributed by atoms with van der Waals surface area (Å²) in [5, 5.41) is 41.6. The summed E-state index contributed by atoms with van der Waals surface area (Å²) in [4.78, 5) is 32.7. The quantitative estimate of drug-likeness (QED) is 0.0230. The summed E-state index contributed by atoms with van der Waals surface area (Å²) in [5.74, 6) is -6.03. The van der Waals surface area contributed by atoms with Crippen LogP contribution < -0.4 is 0 Å². The highest BCUT2D eigenvalue weighted by Crippen LogP contribution is 2.68. The van der Waals surface area contributed by atoms with E-state index in [2.05, 4.69) is 149 Å². The topological polar surface area (TPSA) is 129 Å². The molecule has 0 spiro atoms. The first kappa shape index (κ1) is 73.4. The molecule has 0 atom stereocenters. The van der Waals surface area contributed by atoms with Gasteiger partial charge in [0.2, 0.25) is 0 Å². The van der Waals surface area contributed by atoms with Gasteiger partial charge in [-0.1, -0.05) is 202 Å². The lowest BCUT2D eigenvalue weighted by molar-refractivity contribution is 0.103. The zero-order chi connectivity index (χ0) is 75.1. The van der Waals surface area contributed by atoms with E-state index in [0.717, 1.165) is 237 Å². The molecule has 6 nitrogen and oxygen atoms in total. The molecular weight excluding hydrogens is 1420 g/mol. The van der Waals surface area contributed by atoms with Crippen LogP contribution in [0, 0.1) is 68.6 Å². The van der Waals surface area contributed by atoms with Gasteiger partial charge in [-0.2, -0.15) is 21.0 Å². The number of Topliss-reactive ketones (excluding diaryl/α,β-unsaturated/α-hetero) is 2. The molecule has 538 valence electrons. The van der Waals surface area contributed by atoms with Gasteiger partial charge < -0.3 is 0 Å². The highest BCUT2D eigenvalue weighted by molar-refractivity contribution is 7.31. The van der Waals surface area contributed by atoms with Crippen LogP contribution in [0.5, 0.6) is 0 Å². The second-order valence-corrected chi connectivity index (χ2v) is 33.4. The van der Waals surface area contributed by atoms with E-state index in [-0.39, 0.29) is 55.7 Å². The Bertz CT molecular complexity index is 5270. The third-order valence-electron chi connectivity index (χ3n) is 22.5. The molecule has 108 heavy (non-hydrogen) atoms. The van der Waals surface area contributed by atoms with Gasteiger partial charge in [-0.15, -0.1) is 45.3 Å². The number of hydrogen-bond donors (Lipinski definition) is 0. The predicted molar refractivity (Wildman–Crippen MR) is 433 cm³/mol. The standard InChI is InChI=1S/C94H78F4N4O2S4/c1-5-9-13-17-21-55-25-33-61(34-26-55)93(62-35-27-56(28-36-62)22-18-14-10-6-2)75-45-72-76(46-71(75)89-85(93)91-81(107-89)43-65(105-91)41-73-83(59(51-99)52-100)67-47-77(95)79(97)49-69(67)87(73)103)94(63-37-29-57(30-38-63)23-19-15-11-7-3,64-39-31-58(32-40-64)24-20-16-12-8-4)86-90(72)108-82-44-66(106-92(82)86)42-74-84(60(53-101)54-102)68-48-78(96)80(98)50-70(68)88(74)104/h25-50H,5-24H2,1-4H3. The Hall–Kier alpha value is -10.2. The third kappa shape index (κ3) is 12.6. The average molecular weight is 1500 g/mol. The molecule has 4 heterocycles. The molecule has 0 N–H and O–H groups in total. The number of nitriles is 4. The van der Waals surface area contributed by atoms with Gasteiger partial charge in [0, 0.05) is 73.5 Å². The van der Waals surface area contributed by atoms with E-state index in [9.17, 15) is 30.6 Å². The number of hydrogen-bond acceptors (Lipinski definition) is 10. The summed E-state index contributed by atoms with van der Waals surface area (Å²) in [6, 6.07) is 57.3. The molecule has 0 radical (unpaired) electrons. The van der Waals surface area contributed by atoms with Gasteiger partial charge in [-0.25, -0.2) is 17.6 Å². The molecule has 4 aromatic heterocycles. The number of fused-ring (bicyclic) bond motifs is 12. The van der Waals surface area contributed by atoms with E-state index < -0.39 is 45.7 Å². The van der Waals surface area contributed by atoms with E-state index in [1.54, 1.807) is 34.8 Å². The van der Waals surface area contributed by atoms with Crippen molar-refractivity contribution in [2.75, 3.05) is 0 Å². The number of nitrogens with zero attached hydrogens (tertiary/aromatic N) is 4. The van der Waals surface area contributed by atoms with Crippen LogP contribution in [0.15, 0.2) is 168 Å². The molecule has 14 heteroatoms. The summed E-state index contributed by atoms with van der Waals surface area (Å²) in [6.45, 7) is 8.91. The highest BCUT2D eigenvalue weighted by Gasteiger charge is 2.55. The lowest BCUT2D eigenvalue weighted by Gasteiger charge is -2.36. The van der Waals surface area contributed by atoms with E-state index in [1.165, 1.54) is 44.9 Å². The number of thiophene rings is 4. The lowest BCUT2D eigenvalue weighted by atomic mass is 9.65. The zero-order valence-corrected chi connectivity index (χ0v) is 64.2. The third-order valence-corrected chi connectivity index (χ3v) is 27.3. The maximum absolute atomic E-state index is 15.2. The first-order valence-corrected chi connectivity index (χ1v) is 41.3. The SMILES string of the molecule is CCCCCCc1ccc(C2(c3ccc(CCCCCC)cc3)c3cc4c(cc3-c3sc5cc(C=C6C(=O)c7cc(F)c(F)cc7C6=C(C#N)C#N)sc5c32)C(c2ccc(CCCCCC)cc2)(c2ccc(CCCCCC)cc2)c2c-4sc3cc(C=C4C(=O)c5cc(F)c(F)cc5C4=C(C#N)C#N)sc23)cc1. The Morgan fingerprint density at radius 2 is 0.648 bits per heavy atom. The van der Waals surface area contributed by atoms with Gasteiger partial charge in [0.1, 0.15) is 35.4 Å². The summed E-state index contributed by atoms with van der Waals surface area (Å²) >= 11 is 6.40. The van der Waals surface area contributed by atoms with Crippen LogP contribution in [-0.4, -0.2) is 11.6 Å². The van der Waals surface area contributed by atoms with Gasteiger partial charge in [-0.05, 0) is 190 Å². The van der Waals surface area contributed by atoms with Crippen molar-refractivity contribution in [1.82, 2.24) is 0 Å². The zero-order valence-electron chi connectivity index (χ0n) is 60.9. The van der Waals surface area contributed by atoms with Crippen LogP contribution in [0.25, 0.3) is 63.0 Å². The van der Waals surface area contributed by atoms with Crippen molar-refractivity contribution < 1.29 is 27.2 Å². The molecule has 15 rings (SSSR count). The van der Waals surface area contributed by atoms with Crippen molar-refractivity contribution in [1.29, 1.82) is 21.0 Å². The molecular formula is C94H78F4N4O2S4. The molecule has 0 amide bonds. The lowest BCUT2D eigenvalue weighted by Crippen LogP contribution is -2.30. The van der Waals surface area contributed by atoms with Crippen LogP contribution in [0.4, 0.5) is 17.6 Å². The molecule has 7 aromatic carbocycles. The fourth-order valence-corrected chi connectivity index (χ4v) is 22.6. The van der Waals surface area contributed by atoms with Crippen LogP contribution in [0.1, 0.15) is 239 Å². The number of aryl methyl sites for hydroxylation is 4. The second-order valence-electron chi connectivity index (χ2n) is 29.1. The van der Waals surface area contributed by atoms with Gasteiger partial charge in [0.25, 0.3) is 0 Å². The number of rotatable bonds is 26. The molecule has 0 bridgehead atoms. The number of unbranched alkanes of at least 4 members (excludes halogenated alkanes) is 12. The Balaban J connectivity index is 1.01. The normalized spacial score (nSPS) is 14.8. The summed E-state index contributed by atoms with van der Waals surface area (Å²) in [5.41, 5.74) is 12.8. The van der Waals surface area contributed by atoms with Crippen LogP contribution in [0.2, 0.25) is 0 Å². The molecule has 4 aliphatic rings. The van der Waals surface area contributed by atoms with Crippen LogP contribution in [-0.2, 0) is 36.5 Å². The van der Waals surface area contributed by atoms with Crippen molar-refractivity contribution in [3.05, 3.63) is 290 Å². The monoisotopic (exact) mass is 1500 g/mol. The van der Waals surface area contributed by atoms with Crippen LogP contribution >= 0.6 is 45.3 Å². The molecule has 0 aliphatic heterocycles. The average Bonchev–Trinajstić information content (AvgIpc) is 1.49. The Morgan fingerprint density at radius 3 is 0.926 bits per heavy atom. The highest BCUT2D eigenvalue weighted by atomic mass is 32.1. The maximum Gasteiger partial charge on any atom is 0.194 e. The summed E-state index contributed by atoms with van der Waals surface area (Å²) in [6.07, 6.45) is 25.0. The number of halogens is 4. The van der Waals surface area contributed by atoms with Gasteiger partial charge >= 0.3 is 0 Å². The number of carbonyl (C=O) groups is 2. The van der Waals surface area contributed by atoms with Crippen molar-refractivity contribution in [2.24, 2.45) is 0 Å². The van der Waals surface area contributed by atoms with E-state index in [4.69, 9.17) is 0 Å². The van der Waals surface area contributed by atoms with Crippen molar-refractivity contribution in [3.8, 4) is 45.2 Å². The van der Waals surface area contributed by atoms with E-state index in [1.807, 2.05) is 24.3 Å². The molecule has 11 aromatic rings. The molecule has 0 saturated carbocycles. The fraction of sp³-hybridized carbons (Fsp3) is 0.277. The molecule has 0 fully saturated rings. The molecule has 0 saturated heterocycles. The maximum atomic E-state index is 15.2. The van der Waals surface area contributed by atoms with Crippen molar-refractivity contribution >= 4 is 99.0 Å². The number of allylic oxidation sites excluding steroid dienone is 6. The van der Waals surface area contributed by atoms with Crippen molar-refractivity contribution in [2.45, 2.75) is 167 Å². The van der Waals surface area contributed by atoms with E-state index >= 15 is 17.6 Å². The van der Waals surface area contributed by atoms with Gasteiger partial charge in [0.15, 0.2) is 34.8 Å². The fourth-order valence-electron chi connectivity index (χ4n) is 17.2. The minimum atomic E-state index is -1.21. The van der Waals surface area contributed by atoms with Crippen LogP contribution in [0.3, 0.4) is 0 Å². The second kappa shape index (κ2) is 30.8. The largest absolute Gasteiger partial charge is 0.289 e. The number of benzene rings is 7. The van der Waals surface area contributed by atoms with Crippen molar-refractivity contribution in [3.63, 3.8) is 0 Å².